The van der Waals surface area contributed by atoms with Gasteiger partial charge in [-0.2, -0.15) is 4.31 Å². The van der Waals surface area contributed by atoms with E-state index in [0.29, 0.717) is 16.7 Å². The molecule has 1 saturated heterocycles. The lowest BCUT2D eigenvalue weighted by atomic mass is 10.1. The second kappa shape index (κ2) is 6.56. The molecule has 20 heavy (non-hydrogen) atoms. The van der Waals surface area contributed by atoms with Crippen LogP contribution in [0.5, 0.6) is 0 Å². The summed E-state index contributed by atoms with van der Waals surface area (Å²) in [5.41, 5.74) is 0. The van der Waals surface area contributed by atoms with Crippen LogP contribution in [0.25, 0.3) is 0 Å². The van der Waals surface area contributed by atoms with Crippen LogP contribution >= 0.6 is 11.3 Å². The first-order valence-electron chi connectivity index (χ1n) is 7.26. The van der Waals surface area contributed by atoms with E-state index in [2.05, 4.69) is 19.2 Å². The Kier molecular flexibility index (Phi) is 5.23. The Morgan fingerprint density at radius 1 is 1.40 bits per heavy atom. The van der Waals surface area contributed by atoms with Gasteiger partial charge in [-0.1, -0.05) is 13.8 Å². The summed E-state index contributed by atoms with van der Waals surface area (Å²) in [6, 6.07) is 3.78. The van der Waals surface area contributed by atoms with E-state index < -0.39 is 10.0 Å². The molecular weight excluding hydrogens is 292 g/mol. The molecule has 114 valence electrons. The van der Waals surface area contributed by atoms with Crippen molar-refractivity contribution >= 4 is 21.4 Å². The molecule has 1 aromatic heterocycles. The van der Waals surface area contributed by atoms with Crippen LogP contribution in [-0.2, 0) is 16.6 Å². The van der Waals surface area contributed by atoms with Gasteiger partial charge in [-0.15, -0.1) is 11.3 Å². The number of thiophene rings is 1. The average molecular weight is 316 g/mol. The summed E-state index contributed by atoms with van der Waals surface area (Å²) in [6.45, 7) is 8.58. The molecule has 2 heterocycles. The highest BCUT2D eigenvalue weighted by molar-refractivity contribution is 7.91. The lowest BCUT2D eigenvalue weighted by molar-refractivity contribution is 0.407. The summed E-state index contributed by atoms with van der Waals surface area (Å²) in [5, 5.41) is 3.30. The zero-order valence-corrected chi connectivity index (χ0v) is 14.1. The molecule has 2 unspecified atom stereocenters. The summed E-state index contributed by atoms with van der Waals surface area (Å²) in [4.78, 5) is 1.08. The highest BCUT2D eigenvalue weighted by atomic mass is 32.2. The largest absolute Gasteiger partial charge is 0.312 e. The Morgan fingerprint density at radius 2 is 2.15 bits per heavy atom. The Morgan fingerprint density at radius 3 is 2.75 bits per heavy atom. The molecule has 0 aliphatic carbocycles. The Hall–Kier alpha value is -0.430. The van der Waals surface area contributed by atoms with E-state index in [0.717, 1.165) is 30.8 Å². The molecule has 0 amide bonds. The average Bonchev–Trinajstić information content (AvgIpc) is 2.97. The minimum Gasteiger partial charge on any atom is -0.312 e. The van der Waals surface area contributed by atoms with Crippen LogP contribution < -0.4 is 5.32 Å². The number of sulfonamides is 1. The van der Waals surface area contributed by atoms with Gasteiger partial charge >= 0.3 is 0 Å². The fourth-order valence-electron chi connectivity index (χ4n) is 2.69. The molecule has 2 atom stereocenters. The van der Waals surface area contributed by atoms with Gasteiger partial charge in [0.25, 0.3) is 10.0 Å². The second-order valence-electron chi connectivity index (χ2n) is 5.66. The van der Waals surface area contributed by atoms with Crippen molar-refractivity contribution in [2.75, 3.05) is 13.1 Å². The Balaban J connectivity index is 2.10. The van der Waals surface area contributed by atoms with Gasteiger partial charge in [-0.05, 0) is 44.4 Å². The van der Waals surface area contributed by atoms with Gasteiger partial charge in [0.1, 0.15) is 4.21 Å². The number of rotatable bonds is 6. The van der Waals surface area contributed by atoms with Crippen LogP contribution in [0.15, 0.2) is 16.3 Å². The van der Waals surface area contributed by atoms with Gasteiger partial charge < -0.3 is 5.32 Å². The fraction of sp³-hybridized carbons (Fsp3) is 0.714. The van der Waals surface area contributed by atoms with E-state index in [-0.39, 0.29) is 6.04 Å². The predicted molar refractivity (Wildman–Crippen MR) is 83.5 cm³/mol. The lowest BCUT2D eigenvalue weighted by Gasteiger charge is -2.19. The van der Waals surface area contributed by atoms with E-state index >= 15 is 0 Å². The zero-order valence-electron chi connectivity index (χ0n) is 12.4. The van der Waals surface area contributed by atoms with Crippen LogP contribution in [0, 0.1) is 5.92 Å². The van der Waals surface area contributed by atoms with Crippen LogP contribution in [-0.4, -0.2) is 31.9 Å². The standard InChI is InChI=1S/C14H24N2O2S2/c1-4-7-15-9-13-5-6-14(19-13)20(17,18)16-10-11(2)8-12(16)3/h5-6,11-12,15H,4,7-10H2,1-3H3. The van der Waals surface area contributed by atoms with Gasteiger partial charge in [0.15, 0.2) is 0 Å². The van der Waals surface area contributed by atoms with Gasteiger partial charge in [0.2, 0.25) is 0 Å². The number of hydrogen-bond acceptors (Lipinski definition) is 4. The van der Waals surface area contributed by atoms with Gasteiger partial charge in [0.05, 0.1) is 0 Å². The van der Waals surface area contributed by atoms with Crippen LogP contribution in [0.1, 0.15) is 38.5 Å². The molecule has 2 rings (SSSR count). The predicted octanol–water partition coefficient (Wildman–Crippen LogP) is 2.67. The zero-order chi connectivity index (χ0) is 14.8. The summed E-state index contributed by atoms with van der Waals surface area (Å²) in [5.74, 6) is 0.449. The molecule has 1 aromatic rings. The molecule has 1 N–H and O–H groups in total. The third-order valence-corrected chi connectivity index (χ3v) is 7.19. The molecule has 1 aliphatic rings. The Bertz CT molecular complexity index is 539. The summed E-state index contributed by atoms with van der Waals surface area (Å²) in [7, 11) is -3.31. The topological polar surface area (TPSA) is 49.4 Å². The van der Waals surface area contributed by atoms with Gasteiger partial charge in [0, 0.05) is 24.0 Å². The molecule has 0 spiro atoms. The highest BCUT2D eigenvalue weighted by Gasteiger charge is 2.36. The van der Waals surface area contributed by atoms with E-state index in [1.54, 1.807) is 10.4 Å². The molecule has 1 fully saturated rings. The van der Waals surface area contributed by atoms with Gasteiger partial charge in [-0.25, -0.2) is 8.42 Å². The Labute approximate surface area is 126 Å². The molecule has 0 radical (unpaired) electrons. The third kappa shape index (κ3) is 3.42. The quantitative estimate of drug-likeness (QED) is 0.821. The smallest absolute Gasteiger partial charge is 0.252 e. The molecule has 6 heteroatoms. The lowest BCUT2D eigenvalue weighted by Crippen LogP contribution is -2.33. The molecule has 1 aliphatic heterocycles. The number of hydrogen-bond donors (Lipinski definition) is 1. The van der Waals surface area contributed by atoms with Crippen molar-refractivity contribution in [1.82, 2.24) is 9.62 Å². The molecular formula is C14H24N2O2S2. The summed E-state index contributed by atoms with van der Waals surface area (Å²) >= 11 is 1.39. The van der Waals surface area contributed by atoms with Crippen molar-refractivity contribution < 1.29 is 8.42 Å². The maximum Gasteiger partial charge on any atom is 0.252 e. The maximum absolute atomic E-state index is 12.6. The van der Waals surface area contributed by atoms with Crippen LogP contribution in [0.3, 0.4) is 0 Å². The maximum atomic E-state index is 12.6. The first-order chi connectivity index (χ1) is 9.45. The van der Waals surface area contributed by atoms with Crippen molar-refractivity contribution in [3.8, 4) is 0 Å². The second-order valence-corrected chi connectivity index (χ2v) is 8.95. The molecule has 0 saturated carbocycles. The van der Waals surface area contributed by atoms with Crippen molar-refractivity contribution in [2.45, 2.75) is 50.4 Å². The monoisotopic (exact) mass is 316 g/mol. The van der Waals surface area contributed by atoms with Crippen molar-refractivity contribution in [1.29, 1.82) is 0 Å². The molecule has 4 nitrogen and oxygen atoms in total. The SMILES string of the molecule is CCCNCc1ccc(S(=O)(=O)N2CC(C)CC2C)s1. The summed E-state index contributed by atoms with van der Waals surface area (Å²) < 4.78 is 27.4. The first kappa shape index (κ1) is 15.9. The minimum atomic E-state index is -3.31. The molecule has 0 aromatic carbocycles. The van der Waals surface area contributed by atoms with E-state index in [4.69, 9.17) is 0 Å². The van der Waals surface area contributed by atoms with Crippen molar-refractivity contribution in [3.63, 3.8) is 0 Å². The van der Waals surface area contributed by atoms with Crippen molar-refractivity contribution in [3.05, 3.63) is 17.0 Å². The first-order valence-corrected chi connectivity index (χ1v) is 9.52. The number of nitrogens with zero attached hydrogens (tertiary/aromatic N) is 1. The van der Waals surface area contributed by atoms with E-state index in [9.17, 15) is 8.42 Å². The van der Waals surface area contributed by atoms with Crippen LogP contribution in [0.4, 0.5) is 0 Å². The minimum absolute atomic E-state index is 0.110. The normalized spacial score (nSPS) is 24.4. The molecule has 0 bridgehead atoms. The number of nitrogens with one attached hydrogen (secondary N) is 1. The summed E-state index contributed by atoms with van der Waals surface area (Å²) in [6.07, 6.45) is 2.04. The highest BCUT2D eigenvalue weighted by Crippen LogP contribution is 2.32. The van der Waals surface area contributed by atoms with Gasteiger partial charge in [-0.3, -0.25) is 0 Å². The fourth-order valence-corrected chi connectivity index (χ4v) is 5.91. The van der Waals surface area contributed by atoms with E-state index in [1.807, 2.05) is 13.0 Å². The third-order valence-electron chi connectivity index (χ3n) is 3.65. The van der Waals surface area contributed by atoms with E-state index in [1.165, 1.54) is 11.3 Å². The van der Waals surface area contributed by atoms with Crippen LogP contribution in [0.2, 0.25) is 0 Å². The van der Waals surface area contributed by atoms with Crippen molar-refractivity contribution in [2.24, 2.45) is 5.92 Å².